The van der Waals surface area contributed by atoms with Crippen LogP contribution in [0.4, 0.5) is 11.4 Å². The van der Waals surface area contributed by atoms with Crippen LogP contribution in [0, 0.1) is 6.92 Å². The molecule has 0 bridgehead atoms. The summed E-state index contributed by atoms with van der Waals surface area (Å²) in [6.07, 6.45) is 0. The van der Waals surface area contributed by atoms with Gasteiger partial charge in [-0.1, -0.05) is 66.2 Å². The monoisotopic (exact) mass is 387 g/mol. The van der Waals surface area contributed by atoms with Gasteiger partial charge in [-0.2, -0.15) is 0 Å². The van der Waals surface area contributed by atoms with Gasteiger partial charge in [0.1, 0.15) is 6.54 Å². The van der Waals surface area contributed by atoms with Crippen molar-refractivity contribution in [3.05, 3.63) is 95.6 Å². The topological polar surface area (TPSA) is 44.4 Å². The highest BCUT2D eigenvalue weighted by atomic mass is 32.1. The number of rotatable bonds is 2. The van der Waals surface area contributed by atoms with Gasteiger partial charge in [-0.25, -0.2) is 0 Å². The average Bonchev–Trinajstić information content (AvgIpc) is 2.85. The summed E-state index contributed by atoms with van der Waals surface area (Å²) in [5.41, 5.74) is 5.02. The number of para-hydroxylation sites is 2. The molecule has 0 fully saturated rings. The van der Waals surface area contributed by atoms with Gasteiger partial charge in [0.2, 0.25) is 5.91 Å². The number of nitrogens with one attached hydrogen (secondary N) is 2. The molecule has 1 aliphatic heterocycles. The number of aryl methyl sites for hydroxylation is 1. The van der Waals surface area contributed by atoms with Gasteiger partial charge in [0.15, 0.2) is 5.11 Å². The number of hydrogen-bond donors (Lipinski definition) is 2. The Morgan fingerprint density at radius 1 is 1.00 bits per heavy atom. The third-order valence-corrected chi connectivity index (χ3v) is 5.17. The highest BCUT2D eigenvalue weighted by Crippen LogP contribution is 2.36. The highest BCUT2D eigenvalue weighted by Gasteiger charge is 2.31. The van der Waals surface area contributed by atoms with E-state index in [1.165, 1.54) is 5.56 Å². The number of anilines is 2. The molecule has 4 nitrogen and oxygen atoms in total. The molecule has 4 rings (SSSR count). The predicted molar refractivity (Wildman–Crippen MR) is 117 cm³/mol. The van der Waals surface area contributed by atoms with Gasteiger partial charge < -0.3 is 15.5 Å². The van der Waals surface area contributed by atoms with Crippen LogP contribution in [0.2, 0.25) is 0 Å². The highest BCUT2D eigenvalue weighted by molar-refractivity contribution is 7.80. The van der Waals surface area contributed by atoms with Crippen molar-refractivity contribution in [2.45, 2.75) is 13.0 Å². The van der Waals surface area contributed by atoms with E-state index < -0.39 is 0 Å². The molecule has 0 radical (unpaired) electrons. The maximum atomic E-state index is 12.6. The molecule has 2 N–H and O–H groups in total. The first kappa shape index (κ1) is 18.2. The van der Waals surface area contributed by atoms with Crippen LogP contribution in [-0.4, -0.2) is 22.5 Å². The second kappa shape index (κ2) is 7.82. The molecule has 5 heteroatoms. The van der Waals surface area contributed by atoms with E-state index in [0.717, 1.165) is 22.5 Å². The third-order valence-electron chi connectivity index (χ3n) is 4.83. The Morgan fingerprint density at radius 2 is 1.68 bits per heavy atom. The van der Waals surface area contributed by atoms with Crippen molar-refractivity contribution in [2.75, 3.05) is 17.2 Å². The summed E-state index contributed by atoms with van der Waals surface area (Å²) in [7, 11) is 0. The predicted octanol–water partition coefficient (Wildman–Crippen LogP) is 4.74. The van der Waals surface area contributed by atoms with E-state index in [0.29, 0.717) is 5.11 Å². The fraction of sp³-hybridized carbons (Fsp3) is 0.130. The normalized spacial score (nSPS) is 16.0. The summed E-state index contributed by atoms with van der Waals surface area (Å²) in [6, 6.07) is 25.9. The van der Waals surface area contributed by atoms with Gasteiger partial charge in [0.25, 0.3) is 0 Å². The first-order valence-corrected chi connectivity index (χ1v) is 9.60. The maximum absolute atomic E-state index is 12.6. The number of benzene rings is 3. The minimum atomic E-state index is -0.167. The molecule has 3 aromatic carbocycles. The van der Waals surface area contributed by atoms with E-state index >= 15 is 0 Å². The van der Waals surface area contributed by atoms with E-state index in [4.69, 9.17) is 12.2 Å². The summed E-state index contributed by atoms with van der Waals surface area (Å²) in [6.45, 7) is 2.24. The van der Waals surface area contributed by atoms with Gasteiger partial charge in [-0.3, -0.25) is 4.79 Å². The number of nitrogens with zero attached hydrogens (tertiary/aromatic N) is 1. The number of carbonyl (C=O) groups is 1. The summed E-state index contributed by atoms with van der Waals surface area (Å²) >= 11 is 5.74. The zero-order chi connectivity index (χ0) is 19.5. The Labute approximate surface area is 170 Å². The molecule has 1 unspecified atom stereocenters. The number of hydrogen-bond acceptors (Lipinski definition) is 2. The Bertz CT molecular complexity index is 1000. The molecular weight excluding hydrogens is 366 g/mol. The van der Waals surface area contributed by atoms with Gasteiger partial charge in [-0.05, 0) is 42.9 Å². The maximum Gasteiger partial charge on any atom is 0.244 e. The van der Waals surface area contributed by atoms with Crippen LogP contribution in [0.25, 0.3) is 0 Å². The zero-order valence-electron chi connectivity index (χ0n) is 15.6. The molecular formula is C23H21N3OS. The lowest BCUT2D eigenvalue weighted by Gasteiger charge is -2.32. The zero-order valence-corrected chi connectivity index (χ0v) is 16.4. The van der Waals surface area contributed by atoms with Crippen molar-refractivity contribution in [1.82, 2.24) is 4.90 Å². The lowest BCUT2D eigenvalue weighted by molar-refractivity contribution is -0.116. The fourth-order valence-electron chi connectivity index (χ4n) is 3.47. The molecule has 1 heterocycles. The van der Waals surface area contributed by atoms with E-state index in [1.807, 2.05) is 59.5 Å². The molecule has 140 valence electrons. The van der Waals surface area contributed by atoms with Crippen LogP contribution in [0.3, 0.4) is 0 Å². The minimum Gasteiger partial charge on any atom is -0.333 e. The Kier molecular flexibility index (Phi) is 5.08. The second-order valence-electron chi connectivity index (χ2n) is 6.87. The molecule has 0 spiro atoms. The van der Waals surface area contributed by atoms with Crippen molar-refractivity contribution in [3.63, 3.8) is 0 Å². The molecule has 0 aromatic heterocycles. The SMILES string of the molecule is Cc1ccc(C2c3ccccc3NC(=O)CN2C(=S)Nc2ccccc2)cc1. The molecule has 1 amide bonds. The molecule has 3 aromatic rings. The Hall–Kier alpha value is -3.18. The van der Waals surface area contributed by atoms with E-state index in [9.17, 15) is 4.79 Å². The molecule has 0 saturated heterocycles. The largest absolute Gasteiger partial charge is 0.333 e. The molecule has 1 aliphatic rings. The van der Waals surface area contributed by atoms with Gasteiger partial charge in [0, 0.05) is 16.9 Å². The van der Waals surface area contributed by atoms with Crippen LogP contribution in [0.1, 0.15) is 22.7 Å². The van der Waals surface area contributed by atoms with Crippen molar-refractivity contribution in [3.8, 4) is 0 Å². The lowest BCUT2D eigenvalue weighted by atomic mass is 9.95. The summed E-state index contributed by atoms with van der Waals surface area (Å²) in [5.74, 6) is -0.0840. The Morgan fingerprint density at radius 3 is 2.43 bits per heavy atom. The summed E-state index contributed by atoms with van der Waals surface area (Å²) < 4.78 is 0. The smallest absolute Gasteiger partial charge is 0.244 e. The molecule has 0 saturated carbocycles. The molecule has 28 heavy (non-hydrogen) atoms. The van der Waals surface area contributed by atoms with Crippen LogP contribution >= 0.6 is 12.2 Å². The standard InChI is InChI=1S/C23H21N3OS/c1-16-11-13-17(14-12-16)22-19-9-5-6-10-20(19)25-21(27)15-26(22)23(28)24-18-7-3-2-4-8-18/h2-14,22H,15H2,1H3,(H,24,28)(H,25,27). The number of carbonyl (C=O) groups excluding carboxylic acids is 1. The van der Waals surface area contributed by atoms with E-state index in [2.05, 4.69) is 41.8 Å². The quantitative estimate of drug-likeness (QED) is 0.624. The average molecular weight is 388 g/mol. The van der Waals surface area contributed by atoms with Crippen LogP contribution < -0.4 is 10.6 Å². The van der Waals surface area contributed by atoms with Gasteiger partial charge in [-0.15, -0.1) is 0 Å². The van der Waals surface area contributed by atoms with Crippen LogP contribution in [0.15, 0.2) is 78.9 Å². The first-order chi connectivity index (χ1) is 13.6. The number of thiocarbonyl (C=S) groups is 1. The van der Waals surface area contributed by atoms with Crippen molar-refractivity contribution >= 4 is 34.6 Å². The second-order valence-corrected chi connectivity index (χ2v) is 7.26. The van der Waals surface area contributed by atoms with Gasteiger partial charge >= 0.3 is 0 Å². The van der Waals surface area contributed by atoms with E-state index in [-0.39, 0.29) is 18.5 Å². The minimum absolute atomic E-state index is 0.0840. The summed E-state index contributed by atoms with van der Waals surface area (Å²) in [4.78, 5) is 14.6. The number of fused-ring (bicyclic) bond motifs is 1. The third kappa shape index (κ3) is 3.75. The van der Waals surface area contributed by atoms with Crippen molar-refractivity contribution < 1.29 is 4.79 Å². The lowest BCUT2D eigenvalue weighted by Crippen LogP contribution is -2.41. The fourth-order valence-corrected chi connectivity index (χ4v) is 3.75. The molecule has 1 atom stereocenters. The summed E-state index contributed by atoms with van der Waals surface area (Å²) in [5, 5.41) is 6.81. The van der Waals surface area contributed by atoms with Gasteiger partial charge in [0.05, 0.1) is 6.04 Å². The van der Waals surface area contributed by atoms with Crippen LogP contribution in [0.5, 0.6) is 0 Å². The molecule has 0 aliphatic carbocycles. The van der Waals surface area contributed by atoms with Crippen molar-refractivity contribution in [2.24, 2.45) is 0 Å². The van der Waals surface area contributed by atoms with Crippen LogP contribution in [-0.2, 0) is 4.79 Å². The number of amides is 1. The van der Waals surface area contributed by atoms with E-state index in [1.54, 1.807) is 0 Å². The van der Waals surface area contributed by atoms with Crippen molar-refractivity contribution in [1.29, 1.82) is 0 Å². The Balaban J connectivity index is 1.78. The first-order valence-electron chi connectivity index (χ1n) is 9.20.